The Labute approximate surface area is 137 Å². The monoisotopic (exact) mass is 334 g/mol. The van der Waals surface area contributed by atoms with Crippen molar-refractivity contribution in [1.82, 2.24) is 19.9 Å². The molecular formula is C15H15ClN4OS. The molecule has 0 fully saturated rings. The summed E-state index contributed by atoms with van der Waals surface area (Å²) in [6.45, 7) is 4.76. The number of benzene rings is 1. The second-order valence-electron chi connectivity index (χ2n) is 4.78. The molecule has 1 aromatic carbocycles. The van der Waals surface area contributed by atoms with Gasteiger partial charge in [-0.05, 0) is 26.0 Å². The van der Waals surface area contributed by atoms with Gasteiger partial charge in [0.25, 0.3) is 0 Å². The van der Waals surface area contributed by atoms with E-state index < -0.39 is 0 Å². The number of rotatable bonds is 5. The first kappa shape index (κ1) is 15.1. The van der Waals surface area contributed by atoms with Crippen LogP contribution in [0.5, 0.6) is 0 Å². The number of thioether (sulfide) groups is 1. The van der Waals surface area contributed by atoms with Gasteiger partial charge in [-0.1, -0.05) is 40.7 Å². The summed E-state index contributed by atoms with van der Waals surface area (Å²) in [5.41, 5.74) is 1.84. The molecule has 5 nitrogen and oxygen atoms in total. The van der Waals surface area contributed by atoms with Crippen LogP contribution >= 0.6 is 23.4 Å². The van der Waals surface area contributed by atoms with Gasteiger partial charge < -0.3 is 9.09 Å². The number of halogens is 1. The third-order valence-electron chi connectivity index (χ3n) is 3.14. The molecule has 0 saturated heterocycles. The molecule has 3 aromatic rings. The average molecular weight is 335 g/mol. The van der Waals surface area contributed by atoms with E-state index in [9.17, 15) is 0 Å². The number of nitrogens with zero attached hydrogens (tertiary/aromatic N) is 4. The Morgan fingerprint density at radius 1 is 1.27 bits per heavy atom. The lowest BCUT2D eigenvalue weighted by atomic mass is 10.2. The zero-order chi connectivity index (χ0) is 15.5. The summed E-state index contributed by atoms with van der Waals surface area (Å²) >= 11 is 7.64. The maximum absolute atomic E-state index is 6.06. The maximum atomic E-state index is 6.06. The van der Waals surface area contributed by atoms with Crippen LogP contribution in [0.4, 0.5) is 0 Å². The zero-order valence-corrected chi connectivity index (χ0v) is 13.9. The summed E-state index contributed by atoms with van der Waals surface area (Å²) in [4.78, 5) is 0. The SMILES string of the molecule is CCn1c(SCc2cc(C)no2)nnc1-c1cccc(Cl)c1. The first-order valence-electron chi connectivity index (χ1n) is 6.91. The molecule has 0 saturated carbocycles. The van der Waals surface area contributed by atoms with Crippen molar-refractivity contribution in [3.8, 4) is 11.4 Å². The van der Waals surface area contributed by atoms with E-state index in [1.165, 1.54) is 0 Å². The summed E-state index contributed by atoms with van der Waals surface area (Å²) in [5, 5.41) is 14.0. The molecule has 0 aliphatic heterocycles. The molecule has 2 aromatic heterocycles. The van der Waals surface area contributed by atoms with E-state index in [1.54, 1.807) is 11.8 Å². The Kier molecular flexibility index (Phi) is 4.49. The second-order valence-corrected chi connectivity index (χ2v) is 6.16. The van der Waals surface area contributed by atoms with Gasteiger partial charge in [0.1, 0.15) is 5.76 Å². The highest BCUT2D eigenvalue weighted by Crippen LogP contribution is 2.27. The van der Waals surface area contributed by atoms with Gasteiger partial charge in [-0.2, -0.15) is 0 Å². The van der Waals surface area contributed by atoms with Crippen molar-refractivity contribution in [2.45, 2.75) is 31.3 Å². The number of hydrogen-bond donors (Lipinski definition) is 0. The van der Waals surface area contributed by atoms with Crippen LogP contribution in [-0.2, 0) is 12.3 Å². The fourth-order valence-corrected chi connectivity index (χ4v) is 3.21. The van der Waals surface area contributed by atoms with Crippen LogP contribution in [0, 0.1) is 6.92 Å². The Hall–Kier alpha value is -1.79. The van der Waals surface area contributed by atoms with Gasteiger partial charge in [0.15, 0.2) is 11.0 Å². The minimum atomic E-state index is 0.675. The summed E-state index contributed by atoms with van der Waals surface area (Å²) in [7, 11) is 0. The highest BCUT2D eigenvalue weighted by atomic mass is 35.5. The predicted molar refractivity (Wildman–Crippen MR) is 86.9 cm³/mol. The molecule has 7 heteroatoms. The van der Waals surface area contributed by atoms with Gasteiger partial charge in [-0.15, -0.1) is 10.2 Å². The van der Waals surface area contributed by atoms with Crippen molar-refractivity contribution in [1.29, 1.82) is 0 Å². The molecule has 2 heterocycles. The largest absolute Gasteiger partial charge is 0.360 e. The standard InChI is InChI=1S/C15H15ClN4OS/c1-3-20-14(11-5-4-6-12(16)8-11)17-18-15(20)22-9-13-7-10(2)19-21-13/h4-8H,3,9H2,1-2H3. The van der Waals surface area contributed by atoms with Crippen molar-refractivity contribution >= 4 is 23.4 Å². The van der Waals surface area contributed by atoms with Crippen molar-refractivity contribution < 1.29 is 4.52 Å². The van der Waals surface area contributed by atoms with Crippen LogP contribution < -0.4 is 0 Å². The van der Waals surface area contributed by atoms with Crippen molar-refractivity contribution in [2.75, 3.05) is 0 Å². The fourth-order valence-electron chi connectivity index (χ4n) is 2.14. The molecule has 0 unspecified atom stereocenters. The lowest BCUT2D eigenvalue weighted by molar-refractivity contribution is 0.391. The second kappa shape index (κ2) is 6.54. The third-order valence-corrected chi connectivity index (χ3v) is 4.36. The molecule has 0 spiro atoms. The van der Waals surface area contributed by atoms with Crippen LogP contribution in [-0.4, -0.2) is 19.9 Å². The Balaban J connectivity index is 1.84. The summed E-state index contributed by atoms with van der Waals surface area (Å²) in [5.74, 6) is 2.33. The summed E-state index contributed by atoms with van der Waals surface area (Å²) in [6.07, 6.45) is 0. The lowest BCUT2D eigenvalue weighted by Gasteiger charge is -2.06. The van der Waals surface area contributed by atoms with Crippen LogP contribution in [0.1, 0.15) is 18.4 Å². The van der Waals surface area contributed by atoms with Gasteiger partial charge in [0, 0.05) is 23.2 Å². The summed E-state index contributed by atoms with van der Waals surface area (Å²) < 4.78 is 7.29. The third kappa shape index (κ3) is 3.18. The van der Waals surface area contributed by atoms with E-state index in [1.807, 2.05) is 37.3 Å². The van der Waals surface area contributed by atoms with Gasteiger partial charge in [0.05, 0.1) is 11.4 Å². The first-order valence-corrected chi connectivity index (χ1v) is 8.28. The molecule has 0 N–H and O–H groups in total. The normalized spacial score (nSPS) is 11.0. The maximum Gasteiger partial charge on any atom is 0.191 e. The topological polar surface area (TPSA) is 56.7 Å². The smallest absolute Gasteiger partial charge is 0.191 e. The van der Waals surface area contributed by atoms with E-state index in [2.05, 4.69) is 26.8 Å². The van der Waals surface area contributed by atoms with Gasteiger partial charge in [-0.3, -0.25) is 0 Å². The van der Waals surface area contributed by atoms with Gasteiger partial charge in [0.2, 0.25) is 0 Å². The van der Waals surface area contributed by atoms with Crippen LogP contribution in [0.3, 0.4) is 0 Å². The molecule has 0 bridgehead atoms. The average Bonchev–Trinajstić information content (AvgIpc) is 3.10. The molecule has 0 atom stereocenters. The van der Waals surface area contributed by atoms with Crippen molar-refractivity contribution in [3.05, 3.63) is 46.8 Å². The molecule has 0 amide bonds. The number of aromatic nitrogens is 4. The highest BCUT2D eigenvalue weighted by molar-refractivity contribution is 7.98. The number of aryl methyl sites for hydroxylation is 1. The van der Waals surface area contributed by atoms with E-state index in [-0.39, 0.29) is 0 Å². The van der Waals surface area contributed by atoms with Crippen molar-refractivity contribution in [3.63, 3.8) is 0 Å². The predicted octanol–water partition coefficient (Wildman–Crippen LogP) is 4.21. The van der Waals surface area contributed by atoms with Crippen LogP contribution in [0.15, 0.2) is 40.0 Å². The minimum absolute atomic E-state index is 0.675. The Morgan fingerprint density at radius 2 is 2.14 bits per heavy atom. The van der Waals surface area contributed by atoms with E-state index in [0.29, 0.717) is 10.8 Å². The van der Waals surface area contributed by atoms with Crippen LogP contribution in [0.2, 0.25) is 5.02 Å². The minimum Gasteiger partial charge on any atom is -0.360 e. The lowest BCUT2D eigenvalue weighted by Crippen LogP contribution is -1.99. The fraction of sp³-hybridized carbons (Fsp3) is 0.267. The molecule has 0 aliphatic rings. The molecule has 0 radical (unpaired) electrons. The van der Waals surface area contributed by atoms with E-state index in [4.69, 9.17) is 16.1 Å². The zero-order valence-electron chi connectivity index (χ0n) is 12.3. The Bertz CT molecular complexity index is 783. The van der Waals surface area contributed by atoms with E-state index in [0.717, 1.165) is 34.5 Å². The molecule has 0 aliphatic carbocycles. The van der Waals surface area contributed by atoms with E-state index >= 15 is 0 Å². The molecule has 3 rings (SSSR count). The number of hydrogen-bond acceptors (Lipinski definition) is 5. The highest BCUT2D eigenvalue weighted by Gasteiger charge is 2.14. The first-order chi connectivity index (χ1) is 10.7. The van der Waals surface area contributed by atoms with Crippen molar-refractivity contribution in [2.24, 2.45) is 0 Å². The quantitative estimate of drug-likeness (QED) is 0.654. The van der Waals surface area contributed by atoms with Crippen LogP contribution in [0.25, 0.3) is 11.4 Å². The van der Waals surface area contributed by atoms with Gasteiger partial charge >= 0.3 is 0 Å². The summed E-state index contributed by atoms with van der Waals surface area (Å²) in [6, 6.07) is 9.57. The molecular weight excluding hydrogens is 320 g/mol. The van der Waals surface area contributed by atoms with Gasteiger partial charge in [-0.25, -0.2) is 0 Å². The molecule has 114 valence electrons. The molecule has 22 heavy (non-hydrogen) atoms. The Morgan fingerprint density at radius 3 is 2.82 bits per heavy atom.